The molecule has 1 aromatic carbocycles. The minimum atomic E-state index is 0.619. The van der Waals surface area contributed by atoms with Gasteiger partial charge in [-0.25, -0.2) is 0 Å². The van der Waals surface area contributed by atoms with Gasteiger partial charge in [0, 0.05) is 13.6 Å². The Bertz CT molecular complexity index is 470. The van der Waals surface area contributed by atoms with Crippen LogP contribution in [0.25, 0.3) is 0 Å². The van der Waals surface area contributed by atoms with E-state index in [1.54, 1.807) is 6.07 Å². The lowest BCUT2D eigenvalue weighted by molar-refractivity contribution is 0.222. The summed E-state index contributed by atoms with van der Waals surface area (Å²) in [5.41, 5.74) is 8.36. The molecule has 0 aliphatic carbocycles. The quantitative estimate of drug-likeness (QED) is 0.842. The highest BCUT2D eigenvalue weighted by Crippen LogP contribution is 2.26. The first kappa shape index (κ1) is 13.7. The Balaban J connectivity index is 2.00. The van der Waals surface area contributed by atoms with Gasteiger partial charge in [-0.3, -0.25) is 0 Å². The number of piperidine rings is 1. The minimum absolute atomic E-state index is 0.619. The molecule has 4 nitrogen and oxygen atoms in total. The number of anilines is 2. The lowest BCUT2D eigenvalue weighted by atomic mass is 9.96. The number of nitrogens with zero attached hydrogens (tertiary/aromatic N) is 3. The summed E-state index contributed by atoms with van der Waals surface area (Å²) in [7, 11) is 4.26. The van der Waals surface area contributed by atoms with Crippen LogP contribution in [0.1, 0.15) is 18.4 Å². The third-order valence-corrected chi connectivity index (χ3v) is 3.94. The standard InChI is InChI=1S/C15H22N4/c1-18-7-5-12(6-8-18)11-19(2)15-4-3-13(10-16)9-14(15)17/h3-4,9,12H,5-8,11,17H2,1-2H3. The van der Waals surface area contributed by atoms with Crippen LogP contribution < -0.4 is 10.6 Å². The van der Waals surface area contributed by atoms with Gasteiger partial charge >= 0.3 is 0 Å². The molecular weight excluding hydrogens is 236 g/mol. The molecule has 0 aromatic heterocycles. The van der Waals surface area contributed by atoms with E-state index in [-0.39, 0.29) is 0 Å². The number of rotatable bonds is 3. The lowest BCUT2D eigenvalue weighted by Crippen LogP contribution is -2.35. The molecule has 1 heterocycles. The second-order valence-corrected chi connectivity index (χ2v) is 5.51. The Hall–Kier alpha value is -1.73. The largest absolute Gasteiger partial charge is 0.397 e. The molecule has 2 N–H and O–H groups in total. The fourth-order valence-corrected chi connectivity index (χ4v) is 2.70. The molecular formula is C15H22N4. The van der Waals surface area contributed by atoms with Gasteiger partial charge in [-0.05, 0) is 57.1 Å². The molecule has 102 valence electrons. The fraction of sp³-hybridized carbons (Fsp3) is 0.533. The SMILES string of the molecule is CN1CCC(CN(C)c2ccc(C#N)cc2N)CC1. The van der Waals surface area contributed by atoms with E-state index >= 15 is 0 Å². The smallest absolute Gasteiger partial charge is 0.0992 e. The van der Waals surface area contributed by atoms with Gasteiger partial charge in [0.05, 0.1) is 23.0 Å². The second-order valence-electron chi connectivity index (χ2n) is 5.51. The molecule has 1 aliphatic rings. The third-order valence-electron chi connectivity index (χ3n) is 3.94. The van der Waals surface area contributed by atoms with Crippen molar-refractivity contribution in [3.8, 4) is 6.07 Å². The molecule has 0 unspecified atom stereocenters. The van der Waals surface area contributed by atoms with Crippen LogP contribution in [0.2, 0.25) is 0 Å². The van der Waals surface area contributed by atoms with Gasteiger partial charge in [0.25, 0.3) is 0 Å². The van der Waals surface area contributed by atoms with E-state index in [0.29, 0.717) is 11.3 Å². The van der Waals surface area contributed by atoms with E-state index in [0.717, 1.165) is 18.2 Å². The van der Waals surface area contributed by atoms with Crippen LogP contribution >= 0.6 is 0 Å². The van der Waals surface area contributed by atoms with Crippen molar-refractivity contribution >= 4 is 11.4 Å². The number of hydrogen-bond acceptors (Lipinski definition) is 4. The summed E-state index contributed by atoms with van der Waals surface area (Å²) in [5, 5.41) is 8.85. The highest BCUT2D eigenvalue weighted by molar-refractivity contribution is 5.69. The molecule has 19 heavy (non-hydrogen) atoms. The van der Waals surface area contributed by atoms with Gasteiger partial charge < -0.3 is 15.5 Å². The van der Waals surface area contributed by atoms with Crippen LogP contribution in [0.4, 0.5) is 11.4 Å². The molecule has 4 heteroatoms. The molecule has 0 atom stereocenters. The normalized spacial score (nSPS) is 17.1. The van der Waals surface area contributed by atoms with Gasteiger partial charge in [0.1, 0.15) is 0 Å². The molecule has 0 bridgehead atoms. The first-order valence-corrected chi connectivity index (χ1v) is 6.79. The summed E-state index contributed by atoms with van der Waals surface area (Å²) in [6.07, 6.45) is 2.49. The van der Waals surface area contributed by atoms with E-state index in [2.05, 4.69) is 30.0 Å². The van der Waals surface area contributed by atoms with Crippen LogP contribution in [0.5, 0.6) is 0 Å². The van der Waals surface area contributed by atoms with Crippen molar-refractivity contribution in [3.63, 3.8) is 0 Å². The number of nitrogens with two attached hydrogens (primary N) is 1. The lowest BCUT2D eigenvalue weighted by Gasteiger charge is -2.32. The van der Waals surface area contributed by atoms with Crippen LogP contribution in [0.3, 0.4) is 0 Å². The van der Waals surface area contributed by atoms with Crippen LogP contribution in [0.15, 0.2) is 18.2 Å². The molecule has 1 fully saturated rings. The summed E-state index contributed by atoms with van der Waals surface area (Å²) in [6, 6.07) is 7.64. The Kier molecular flexibility index (Phi) is 4.28. The van der Waals surface area contributed by atoms with E-state index in [1.165, 1.54) is 25.9 Å². The van der Waals surface area contributed by atoms with Gasteiger partial charge in [0.2, 0.25) is 0 Å². The maximum absolute atomic E-state index is 8.85. The summed E-state index contributed by atoms with van der Waals surface area (Å²) in [4.78, 5) is 4.60. The van der Waals surface area contributed by atoms with E-state index < -0.39 is 0 Å². The number of hydrogen-bond donors (Lipinski definition) is 1. The van der Waals surface area contributed by atoms with Crippen molar-refractivity contribution in [2.45, 2.75) is 12.8 Å². The van der Waals surface area contributed by atoms with Crippen LogP contribution in [-0.4, -0.2) is 38.6 Å². The van der Waals surface area contributed by atoms with Crippen LogP contribution in [0, 0.1) is 17.2 Å². The highest BCUT2D eigenvalue weighted by atomic mass is 15.1. The van der Waals surface area contributed by atoms with Crippen molar-refractivity contribution in [3.05, 3.63) is 23.8 Å². The Morgan fingerprint density at radius 3 is 2.68 bits per heavy atom. The van der Waals surface area contributed by atoms with Gasteiger partial charge in [-0.1, -0.05) is 0 Å². The van der Waals surface area contributed by atoms with Gasteiger partial charge in [-0.15, -0.1) is 0 Å². The van der Waals surface area contributed by atoms with Crippen molar-refractivity contribution in [2.75, 3.05) is 44.4 Å². The fourth-order valence-electron chi connectivity index (χ4n) is 2.70. The number of benzene rings is 1. The summed E-state index contributed by atoms with van der Waals surface area (Å²) >= 11 is 0. The Labute approximate surface area is 115 Å². The molecule has 2 rings (SSSR count). The van der Waals surface area contributed by atoms with Crippen molar-refractivity contribution < 1.29 is 0 Å². The molecule has 1 aromatic rings. The predicted octanol–water partition coefficient (Wildman–Crippen LogP) is 1.92. The monoisotopic (exact) mass is 258 g/mol. The molecule has 1 saturated heterocycles. The maximum atomic E-state index is 8.85. The van der Waals surface area contributed by atoms with E-state index in [4.69, 9.17) is 11.0 Å². The zero-order valence-corrected chi connectivity index (χ0v) is 11.8. The van der Waals surface area contributed by atoms with Crippen LogP contribution in [-0.2, 0) is 0 Å². The Morgan fingerprint density at radius 2 is 2.11 bits per heavy atom. The highest BCUT2D eigenvalue weighted by Gasteiger charge is 2.19. The molecule has 0 saturated carbocycles. The topological polar surface area (TPSA) is 56.3 Å². The van der Waals surface area contributed by atoms with Crippen molar-refractivity contribution in [1.82, 2.24) is 4.90 Å². The molecule has 0 amide bonds. The maximum Gasteiger partial charge on any atom is 0.0992 e. The molecule has 0 radical (unpaired) electrons. The molecule has 0 spiro atoms. The third kappa shape index (κ3) is 3.39. The number of nitrogen functional groups attached to an aromatic ring is 1. The number of likely N-dealkylation sites (tertiary alicyclic amines) is 1. The Morgan fingerprint density at radius 1 is 1.42 bits per heavy atom. The average molecular weight is 258 g/mol. The van der Waals surface area contributed by atoms with Gasteiger partial charge in [-0.2, -0.15) is 5.26 Å². The molecule has 1 aliphatic heterocycles. The first-order chi connectivity index (χ1) is 9.10. The van der Waals surface area contributed by atoms with E-state index in [1.807, 2.05) is 12.1 Å². The zero-order valence-electron chi connectivity index (χ0n) is 11.8. The second kappa shape index (κ2) is 5.94. The zero-order chi connectivity index (χ0) is 13.8. The van der Waals surface area contributed by atoms with E-state index in [9.17, 15) is 0 Å². The average Bonchev–Trinajstić information content (AvgIpc) is 2.41. The van der Waals surface area contributed by atoms with Gasteiger partial charge in [0.15, 0.2) is 0 Å². The summed E-state index contributed by atoms with van der Waals surface area (Å²) < 4.78 is 0. The van der Waals surface area contributed by atoms with Crippen molar-refractivity contribution in [2.24, 2.45) is 5.92 Å². The summed E-state index contributed by atoms with van der Waals surface area (Å²) in [5.74, 6) is 0.733. The number of nitriles is 1. The predicted molar refractivity (Wildman–Crippen MR) is 79.1 cm³/mol. The summed E-state index contributed by atoms with van der Waals surface area (Å²) in [6.45, 7) is 3.40. The van der Waals surface area contributed by atoms with Crippen molar-refractivity contribution in [1.29, 1.82) is 5.26 Å². The first-order valence-electron chi connectivity index (χ1n) is 6.79. The minimum Gasteiger partial charge on any atom is -0.397 e.